The van der Waals surface area contributed by atoms with Crippen LogP contribution in [0.3, 0.4) is 0 Å². The van der Waals surface area contributed by atoms with Crippen LogP contribution in [0.1, 0.15) is 5.76 Å². The quantitative estimate of drug-likeness (QED) is 0.593. The molecule has 2 heterocycles. The molecule has 0 atom stereocenters. The van der Waals surface area contributed by atoms with Gasteiger partial charge in [0.25, 0.3) is 5.56 Å². The van der Waals surface area contributed by atoms with Crippen molar-refractivity contribution in [2.45, 2.75) is 6.54 Å². The van der Waals surface area contributed by atoms with Crippen molar-refractivity contribution in [1.82, 2.24) is 9.97 Å². The summed E-state index contributed by atoms with van der Waals surface area (Å²) >= 11 is 0. The van der Waals surface area contributed by atoms with E-state index in [4.69, 9.17) is 4.42 Å². The van der Waals surface area contributed by atoms with E-state index in [1.54, 1.807) is 48.5 Å². The Morgan fingerprint density at radius 2 is 1.84 bits per heavy atom. The van der Waals surface area contributed by atoms with Crippen molar-refractivity contribution >= 4 is 16.9 Å². The molecule has 6 heteroatoms. The Bertz CT molecular complexity index is 1100. The molecular weight excluding hydrogens is 321 g/mol. The van der Waals surface area contributed by atoms with E-state index in [0.29, 0.717) is 40.5 Å². The van der Waals surface area contributed by atoms with Crippen LogP contribution in [-0.4, -0.2) is 9.97 Å². The van der Waals surface area contributed by atoms with Crippen LogP contribution in [0.5, 0.6) is 0 Å². The Morgan fingerprint density at radius 3 is 2.72 bits per heavy atom. The van der Waals surface area contributed by atoms with Gasteiger partial charge >= 0.3 is 0 Å². The highest BCUT2D eigenvalue weighted by Gasteiger charge is 2.09. The van der Waals surface area contributed by atoms with E-state index in [1.807, 2.05) is 6.07 Å². The number of aromatic nitrogens is 2. The number of hydrogen-bond acceptors (Lipinski definition) is 4. The maximum atomic E-state index is 13.8. The Morgan fingerprint density at radius 1 is 1.04 bits per heavy atom. The molecule has 0 amide bonds. The minimum absolute atomic E-state index is 0.209. The van der Waals surface area contributed by atoms with Gasteiger partial charge in [-0.25, -0.2) is 9.37 Å². The van der Waals surface area contributed by atoms with Crippen molar-refractivity contribution in [1.29, 1.82) is 0 Å². The number of nitrogens with zero attached hydrogens (tertiary/aromatic N) is 1. The monoisotopic (exact) mass is 335 g/mol. The van der Waals surface area contributed by atoms with Crippen LogP contribution in [0.15, 0.2) is 69.9 Å². The van der Waals surface area contributed by atoms with E-state index in [0.717, 1.165) is 0 Å². The molecule has 0 aliphatic rings. The summed E-state index contributed by atoms with van der Waals surface area (Å²) in [6, 6.07) is 17.0. The zero-order valence-electron chi connectivity index (χ0n) is 13.1. The first kappa shape index (κ1) is 15.1. The summed E-state index contributed by atoms with van der Waals surface area (Å²) in [5, 5.41) is 3.55. The van der Waals surface area contributed by atoms with Gasteiger partial charge in [0.05, 0.1) is 23.0 Å². The fourth-order valence-corrected chi connectivity index (χ4v) is 2.62. The van der Waals surface area contributed by atoms with Gasteiger partial charge in [-0.2, -0.15) is 0 Å². The van der Waals surface area contributed by atoms with Crippen LogP contribution in [0.4, 0.5) is 10.3 Å². The molecule has 2 aromatic carbocycles. The van der Waals surface area contributed by atoms with Gasteiger partial charge in [0.2, 0.25) is 5.95 Å². The lowest BCUT2D eigenvalue weighted by molar-refractivity contribution is 0.525. The number of hydrogen-bond donors (Lipinski definition) is 2. The van der Waals surface area contributed by atoms with Gasteiger partial charge in [0.1, 0.15) is 17.3 Å². The lowest BCUT2D eigenvalue weighted by atomic mass is 10.1. The van der Waals surface area contributed by atoms with E-state index in [1.165, 1.54) is 6.07 Å². The van der Waals surface area contributed by atoms with Gasteiger partial charge in [0.15, 0.2) is 0 Å². The Hall–Kier alpha value is -3.41. The largest absolute Gasteiger partial charge is 0.459 e. The number of fused-ring (bicyclic) bond motifs is 1. The number of rotatable bonds is 4. The predicted molar refractivity (Wildman–Crippen MR) is 93.8 cm³/mol. The molecule has 0 unspecified atom stereocenters. The summed E-state index contributed by atoms with van der Waals surface area (Å²) in [5.74, 6) is 1.08. The zero-order chi connectivity index (χ0) is 17.2. The molecule has 4 rings (SSSR count). The molecule has 0 aliphatic heterocycles. The Kier molecular flexibility index (Phi) is 3.78. The topological polar surface area (TPSA) is 70.9 Å². The van der Waals surface area contributed by atoms with E-state index in [-0.39, 0.29) is 11.4 Å². The summed E-state index contributed by atoms with van der Waals surface area (Å²) in [5.41, 5.74) is 0.811. The molecule has 0 aliphatic carbocycles. The molecule has 0 fully saturated rings. The molecule has 5 nitrogen and oxygen atoms in total. The van der Waals surface area contributed by atoms with Crippen LogP contribution in [0.2, 0.25) is 0 Å². The predicted octanol–water partition coefficient (Wildman–Crippen LogP) is 3.93. The lowest BCUT2D eigenvalue weighted by Gasteiger charge is -2.05. The molecule has 2 N–H and O–H groups in total. The summed E-state index contributed by atoms with van der Waals surface area (Å²) in [4.78, 5) is 19.1. The molecule has 25 heavy (non-hydrogen) atoms. The Balaban J connectivity index is 1.55. The number of nitrogens with one attached hydrogen (secondary N) is 2. The van der Waals surface area contributed by atoms with Gasteiger partial charge in [-0.15, -0.1) is 0 Å². The molecule has 2 aromatic heterocycles. The number of para-hydroxylation sites is 1. The smallest absolute Gasteiger partial charge is 0.260 e. The number of benzene rings is 2. The molecular formula is C19H14FN3O2. The third-order valence-electron chi connectivity index (χ3n) is 3.84. The number of halogens is 1. The summed E-state index contributed by atoms with van der Waals surface area (Å²) in [6.45, 7) is 0.315. The van der Waals surface area contributed by atoms with Crippen LogP contribution in [-0.2, 0) is 6.54 Å². The Labute approximate surface area is 142 Å². The van der Waals surface area contributed by atoms with Crippen LogP contribution >= 0.6 is 0 Å². The van der Waals surface area contributed by atoms with E-state index < -0.39 is 0 Å². The summed E-state index contributed by atoms with van der Waals surface area (Å²) in [6.07, 6.45) is 0. The van der Waals surface area contributed by atoms with E-state index in [9.17, 15) is 9.18 Å². The second-order valence-corrected chi connectivity index (χ2v) is 5.53. The fourth-order valence-electron chi connectivity index (χ4n) is 2.62. The second-order valence-electron chi connectivity index (χ2n) is 5.53. The standard InChI is InChI=1S/C19H14FN3O2/c20-15-7-3-1-5-13(15)17-10-9-12(25-17)11-21-19-22-16-8-4-2-6-14(16)18(24)23-19/h1-10H,11H2,(H2,21,22,23,24). The highest BCUT2D eigenvalue weighted by atomic mass is 19.1. The van der Waals surface area contributed by atoms with Crippen molar-refractivity contribution < 1.29 is 8.81 Å². The van der Waals surface area contributed by atoms with Crippen LogP contribution in [0, 0.1) is 5.82 Å². The first-order valence-corrected chi connectivity index (χ1v) is 7.77. The molecule has 0 saturated heterocycles. The minimum Gasteiger partial charge on any atom is -0.459 e. The minimum atomic E-state index is -0.336. The third-order valence-corrected chi connectivity index (χ3v) is 3.84. The normalized spacial score (nSPS) is 10.9. The van der Waals surface area contributed by atoms with Gasteiger partial charge in [-0.05, 0) is 36.4 Å². The van der Waals surface area contributed by atoms with E-state index in [2.05, 4.69) is 15.3 Å². The first-order valence-electron chi connectivity index (χ1n) is 7.77. The number of furan rings is 1. The molecule has 0 bridgehead atoms. The highest BCUT2D eigenvalue weighted by Crippen LogP contribution is 2.25. The SMILES string of the molecule is O=c1[nH]c(NCc2ccc(-c3ccccc3F)o2)nc2ccccc12. The molecule has 0 saturated carbocycles. The van der Waals surface area contributed by atoms with Gasteiger partial charge in [0, 0.05) is 0 Å². The average Bonchev–Trinajstić information content (AvgIpc) is 3.09. The van der Waals surface area contributed by atoms with Gasteiger partial charge in [-0.1, -0.05) is 24.3 Å². The summed E-state index contributed by atoms with van der Waals surface area (Å²) in [7, 11) is 0. The maximum absolute atomic E-state index is 13.8. The second kappa shape index (κ2) is 6.24. The number of H-pyrrole nitrogens is 1. The summed E-state index contributed by atoms with van der Waals surface area (Å²) < 4.78 is 19.5. The lowest BCUT2D eigenvalue weighted by Crippen LogP contribution is -2.12. The van der Waals surface area contributed by atoms with Crippen molar-refractivity contribution in [3.05, 3.63) is 82.6 Å². The number of anilines is 1. The van der Waals surface area contributed by atoms with Crippen molar-refractivity contribution in [3.63, 3.8) is 0 Å². The molecule has 0 radical (unpaired) electrons. The first-order chi connectivity index (χ1) is 12.2. The van der Waals surface area contributed by atoms with Crippen molar-refractivity contribution in [3.8, 4) is 11.3 Å². The third kappa shape index (κ3) is 3.01. The van der Waals surface area contributed by atoms with E-state index >= 15 is 0 Å². The van der Waals surface area contributed by atoms with Crippen molar-refractivity contribution in [2.24, 2.45) is 0 Å². The molecule has 4 aromatic rings. The van der Waals surface area contributed by atoms with Gasteiger partial charge < -0.3 is 9.73 Å². The van der Waals surface area contributed by atoms with Crippen LogP contribution < -0.4 is 10.9 Å². The molecule has 0 spiro atoms. The number of aromatic amines is 1. The average molecular weight is 335 g/mol. The zero-order valence-corrected chi connectivity index (χ0v) is 13.1. The molecule has 124 valence electrons. The van der Waals surface area contributed by atoms with Crippen LogP contribution in [0.25, 0.3) is 22.2 Å². The fraction of sp³-hybridized carbons (Fsp3) is 0.0526. The maximum Gasteiger partial charge on any atom is 0.260 e. The highest BCUT2D eigenvalue weighted by molar-refractivity contribution is 5.78. The van der Waals surface area contributed by atoms with Crippen molar-refractivity contribution in [2.75, 3.05) is 5.32 Å². The van der Waals surface area contributed by atoms with Gasteiger partial charge in [-0.3, -0.25) is 9.78 Å².